The molecule has 13 rings (SSSR count). The van der Waals surface area contributed by atoms with Crippen LogP contribution in [0.15, 0.2) is 95.4 Å². The van der Waals surface area contributed by atoms with E-state index in [-0.39, 0.29) is 50.0 Å². The fourth-order valence-electron chi connectivity index (χ4n) is 16.1. The third-order valence-electron chi connectivity index (χ3n) is 22.1. The van der Waals surface area contributed by atoms with E-state index in [0.29, 0.717) is 0 Å². The summed E-state index contributed by atoms with van der Waals surface area (Å²) in [6.45, 7) is 49.4. The van der Waals surface area contributed by atoms with Crippen LogP contribution in [0, 0.1) is 6.92 Å². The number of anilines is 6. The summed E-state index contributed by atoms with van der Waals surface area (Å²) in [4.78, 5) is 5.47. The third-order valence-corrected chi connectivity index (χ3v) is 24.2. The number of hydrogen-bond donors (Lipinski definition) is 0. The van der Waals surface area contributed by atoms with Crippen molar-refractivity contribution in [2.45, 2.75) is 232 Å². The van der Waals surface area contributed by atoms with Crippen molar-refractivity contribution in [3.63, 3.8) is 0 Å². The molecule has 0 atom stereocenters. The van der Waals surface area contributed by atoms with E-state index in [1.165, 1.54) is 130 Å². The minimum atomic E-state index is -1.57. The molecule has 0 unspecified atom stereocenters. The lowest BCUT2D eigenvalue weighted by Gasteiger charge is -2.48. The number of benzene rings is 6. The minimum Gasteiger partial charge on any atom is -0.468 e. The maximum absolute atomic E-state index is 7.87. The van der Waals surface area contributed by atoms with E-state index in [1.807, 2.05) is 0 Å². The molecular formula is C74H91BN2OSi. The van der Waals surface area contributed by atoms with Gasteiger partial charge in [0.25, 0.3) is 6.71 Å². The standard InChI is InChI=1S/C74H91BN2OSi/c1-44-35-61-64-62(36-44)77(59-41-55-52(69(6,7)29-32-72(55,12)13)38-48(59)45-21-24-47(25-22-45)79(18,19)20)60-42-56-54(71(10,11)31-33-73(56,14)15)40-58(60)75(64)66-65(49-39-53-57(43-63(49)78-66)74(16,17)34-30-70(53,8)9)76(61)46-23-26-50-51(37-46)68(4,5)28-27-67(50,2)3/h21-26,35-43H,27-34H2,1-20H3. The number of nitrogens with zero attached hydrogens (tertiary/aromatic N) is 2. The Morgan fingerprint density at radius 3 is 1.37 bits per heavy atom. The number of furan rings is 1. The van der Waals surface area contributed by atoms with Crippen LogP contribution in [0.1, 0.15) is 212 Å². The highest BCUT2D eigenvalue weighted by molar-refractivity contribution is 7.00. The van der Waals surface area contributed by atoms with Crippen molar-refractivity contribution < 1.29 is 4.42 Å². The zero-order chi connectivity index (χ0) is 56.5. The summed E-state index contributed by atoms with van der Waals surface area (Å²) in [6, 6.07) is 38.3. The molecule has 0 radical (unpaired) electrons. The summed E-state index contributed by atoms with van der Waals surface area (Å²) < 4.78 is 7.87. The molecule has 3 nitrogen and oxygen atoms in total. The van der Waals surface area contributed by atoms with Crippen LogP contribution >= 0.6 is 0 Å². The SMILES string of the molecule is Cc1cc2c3c(c1)N(c1ccc4c(c1)C(C)(C)CCC4(C)C)c1c(oc4cc5c(cc14)C(C)(C)CCC5(C)C)B3c1cc3c(cc1N2c1cc2c(cc1-c1ccc([Si](C)(C)C)cc1)C(C)(C)CCC2(C)C)C(C)(C)CCC3(C)C. The Morgan fingerprint density at radius 2 is 0.848 bits per heavy atom. The van der Waals surface area contributed by atoms with Gasteiger partial charge in [0.2, 0.25) is 0 Å². The summed E-state index contributed by atoms with van der Waals surface area (Å²) in [7, 11) is -1.57. The van der Waals surface area contributed by atoms with Gasteiger partial charge in [0.1, 0.15) is 5.58 Å². The Balaban J connectivity index is 1.18. The smallest absolute Gasteiger partial charge is 0.297 e. The van der Waals surface area contributed by atoms with Crippen LogP contribution in [0.2, 0.25) is 19.6 Å². The molecule has 410 valence electrons. The number of rotatable bonds is 4. The van der Waals surface area contributed by atoms with E-state index in [2.05, 4.69) is 238 Å². The summed E-state index contributed by atoms with van der Waals surface area (Å²) >= 11 is 0. The lowest BCUT2D eigenvalue weighted by atomic mass is 9.35. The zero-order valence-corrected chi connectivity index (χ0v) is 53.2. The molecule has 0 fully saturated rings. The van der Waals surface area contributed by atoms with Crippen molar-refractivity contribution in [2.75, 3.05) is 9.80 Å². The molecule has 0 amide bonds. The number of aryl methyl sites for hydroxylation is 1. The highest BCUT2D eigenvalue weighted by atomic mass is 28.3. The van der Waals surface area contributed by atoms with Crippen molar-refractivity contribution in [1.29, 1.82) is 0 Å². The largest absolute Gasteiger partial charge is 0.468 e. The lowest BCUT2D eigenvalue weighted by Crippen LogP contribution is -2.61. The van der Waals surface area contributed by atoms with Gasteiger partial charge in [0.05, 0.1) is 25.1 Å². The van der Waals surface area contributed by atoms with Gasteiger partial charge < -0.3 is 14.2 Å². The molecule has 0 saturated carbocycles. The van der Waals surface area contributed by atoms with E-state index in [1.54, 1.807) is 0 Å². The highest BCUT2D eigenvalue weighted by Crippen LogP contribution is 2.57. The Morgan fingerprint density at radius 1 is 0.418 bits per heavy atom. The first-order chi connectivity index (χ1) is 36.6. The molecule has 0 saturated heterocycles. The van der Waals surface area contributed by atoms with Crippen LogP contribution in [0.3, 0.4) is 0 Å². The molecule has 0 N–H and O–H groups in total. The predicted molar refractivity (Wildman–Crippen MR) is 345 cm³/mol. The van der Waals surface area contributed by atoms with Crippen LogP contribution in [0.4, 0.5) is 34.1 Å². The fraction of sp³-hybridized carbons (Fsp3) is 0.486. The Kier molecular flexibility index (Phi) is 11.1. The summed E-state index contributed by atoms with van der Waals surface area (Å²) in [5, 5.41) is 2.73. The second kappa shape index (κ2) is 16.5. The van der Waals surface area contributed by atoms with E-state index in [9.17, 15) is 0 Å². The minimum absolute atomic E-state index is 0.00231. The third kappa shape index (κ3) is 7.82. The van der Waals surface area contributed by atoms with Gasteiger partial charge >= 0.3 is 0 Å². The van der Waals surface area contributed by atoms with Crippen molar-refractivity contribution in [3.8, 4) is 11.1 Å². The normalized spacial score (nSPS) is 21.7. The van der Waals surface area contributed by atoms with E-state index < -0.39 is 8.07 Å². The van der Waals surface area contributed by atoms with Crippen LogP contribution in [-0.2, 0) is 43.3 Å². The molecule has 0 spiro atoms. The Bertz CT molecular complexity index is 3750. The number of hydrogen-bond acceptors (Lipinski definition) is 3. The monoisotopic (exact) mass is 1060 g/mol. The fourth-order valence-corrected chi connectivity index (χ4v) is 17.3. The zero-order valence-electron chi connectivity index (χ0n) is 52.2. The predicted octanol–water partition coefficient (Wildman–Crippen LogP) is 18.4. The summed E-state index contributed by atoms with van der Waals surface area (Å²) in [5.74, 6) is 0. The number of fused-ring (bicyclic) bond motifs is 10. The maximum atomic E-state index is 7.87. The van der Waals surface area contributed by atoms with Gasteiger partial charge in [-0.1, -0.05) is 172 Å². The molecule has 4 aliphatic carbocycles. The molecule has 0 bridgehead atoms. The first kappa shape index (κ1) is 53.1. The van der Waals surface area contributed by atoms with Crippen molar-refractivity contribution in [2.24, 2.45) is 0 Å². The van der Waals surface area contributed by atoms with E-state index in [4.69, 9.17) is 4.42 Å². The quantitative estimate of drug-likeness (QED) is 0.164. The molecule has 2 aliphatic heterocycles. The maximum Gasteiger partial charge on any atom is 0.297 e. The van der Waals surface area contributed by atoms with Gasteiger partial charge in [-0.25, -0.2) is 0 Å². The molecule has 7 aromatic rings. The summed E-state index contributed by atoms with van der Waals surface area (Å²) in [6.07, 6.45) is 9.30. The van der Waals surface area contributed by atoms with Crippen LogP contribution in [0.5, 0.6) is 0 Å². The van der Waals surface area contributed by atoms with Gasteiger partial charge in [-0.15, -0.1) is 0 Å². The summed E-state index contributed by atoms with van der Waals surface area (Å²) in [5.41, 5.74) is 28.3. The molecule has 79 heavy (non-hydrogen) atoms. The average Bonchev–Trinajstić information content (AvgIpc) is 3.14. The topological polar surface area (TPSA) is 19.6 Å². The van der Waals surface area contributed by atoms with Gasteiger partial charge in [-0.05, 0) is 223 Å². The Labute approximate surface area is 477 Å². The molecule has 6 aromatic carbocycles. The molecule has 5 heteroatoms. The van der Waals surface area contributed by atoms with E-state index >= 15 is 0 Å². The van der Waals surface area contributed by atoms with Crippen molar-refractivity contribution in [1.82, 2.24) is 0 Å². The highest BCUT2D eigenvalue weighted by Gasteiger charge is 2.51. The molecular weight excluding hydrogens is 972 g/mol. The van der Waals surface area contributed by atoms with E-state index in [0.717, 1.165) is 49.8 Å². The first-order valence-electron chi connectivity index (χ1n) is 30.6. The molecule has 3 heterocycles. The molecule has 6 aliphatic rings. The average molecular weight is 1060 g/mol. The molecule has 1 aromatic heterocycles. The van der Waals surface area contributed by atoms with Crippen LogP contribution in [-0.4, -0.2) is 14.8 Å². The Hall–Kier alpha value is -5.26. The van der Waals surface area contributed by atoms with Gasteiger partial charge in [0.15, 0.2) is 0 Å². The van der Waals surface area contributed by atoms with Gasteiger partial charge in [0, 0.05) is 33.7 Å². The second-order valence-electron chi connectivity index (χ2n) is 32.5. The van der Waals surface area contributed by atoms with Crippen LogP contribution < -0.4 is 31.6 Å². The second-order valence-corrected chi connectivity index (χ2v) is 37.6. The van der Waals surface area contributed by atoms with Crippen molar-refractivity contribution >= 4 is 81.7 Å². The van der Waals surface area contributed by atoms with Crippen LogP contribution in [0.25, 0.3) is 22.1 Å². The van der Waals surface area contributed by atoms with Gasteiger partial charge in [-0.3, -0.25) is 0 Å². The van der Waals surface area contributed by atoms with Gasteiger partial charge in [-0.2, -0.15) is 0 Å². The van der Waals surface area contributed by atoms with Crippen molar-refractivity contribution in [3.05, 3.63) is 141 Å². The lowest BCUT2D eigenvalue weighted by molar-refractivity contribution is 0.332. The first-order valence-corrected chi connectivity index (χ1v) is 34.1.